The molecule has 0 saturated carbocycles. The van der Waals surface area contributed by atoms with Crippen LogP contribution < -0.4 is 9.33 Å². The Morgan fingerprint density at radius 1 is 0.970 bits per heavy atom. The number of nitrogens with zero attached hydrogens (tertiary/aromatic N) is 1. The van der Waals surface area contributed by atoms with E-state index in [0.717, 1.165) is 16.7 Å². The molecule has 182 valence electrons. The van der Waals surface area contributed by atoms with E-state index in [1.165, 1.54) is 7.11 Å². The lowest BCUT2D eigenvalue weighted by Crippen LogP contribution is -2.50. The van der Waals surface area contributed by atoms with Gasteiger partial charge in [0.2, 0.25) is 0 Å². The van der Waals surface area contributed by atoms with Crippen LogP contribution in [0.5, 0.6) is 5.75 Å². The Morgan fingerprint density at radius 3 is 2.00 bits per heavy atom. The Bertz CT molecular complexity index is 943. The average Bonchev–Trinajstić information content (AvgIpc) is 2.70. The summed E-state index contributed by atoms with van der Waals surface area (Å²) >= 11 is 0. The van der Waals surface area contributed by atoms with Crippen molar-refractivity contribution in [2.75, 3.05) is 19.1 Å². The minimum atomic E-state index is -2.16. The monoisotopic (exact) mass is 473 g/mol. The fraction of sp³-hybridized carbons (Fsp3) is 0.519. The molecule has 6 heteroatoms. The Balaban J connectivity index is 2.33. The summed E-state index contributed by atoms with van der Waals surface area (Å²) in [5, 5.41) is 0. The van der Waals surface area contributed by atoms with Gasteiger partial charge in [0.05, 0.1) is 18.4 Å². The van der Waals surface area contributed by atoms with Gasteiger partial charge in [-0.1, -0.05) is 53.7 Å². The molecule has 0 radical (unpaired) electrons. The number of ether oxygens (including phenoxy) is 1. The van der Waals surface area contributed by atoms with Crippen molar-refractivity contribution >= 4 is 20.0 Å². The SMILES string of the molecule is COC(=O)c1ccc(CN(C)c2c(C)cc(O[Si](C(C)C)(C(C)C)C(C)C)cc2F)cc1C. The quantitative estimate of drug-likeness (QED) is 0.280. The Labute approximate surface area is 200 Å². The molecule has 0 saturated heterocycles. The number of aryl methyl sites for hydroxylation is 2. The van der Waals surface area contributed by atoms with Gasteiger partial charge in [-0.2, -0.15) is 0 Å². The van der Waals surface area contributed by atoms with E-state index in [4.69, 9.17) is 9.16 Å². The van der Waals surface area contributed by atoms with E-state index in [2.05, 4.69) is 41.5 Å². The molecule has 2 aromatic rings. The van der Waals surface area contributed by atoms with Crippen LogP contribution in [0.1, 0.15) is 68.6 Å². The van der Waals surface area contributed by atoms with Gasteiger partial charge in [0, 0.05) is 19.7 Å². The van der Waals surface area contributed by atoms with Crippen molar-refractivity contribution in [1.29, 1.82) is 0 Å². The molecular formula is C27H40FNO3Si. The first-order valence-electron chi connectivity index (χ1n) is 11.7. The second-order valence-electron chi connectivity index (χ2n) is 9.99. The van der Waals surface area contributed by atoms with E-state index in [0.29, 0.717) is 40.2 Å². The topological polar surface area (TPSA) is 38.8 Å². The third kappa shape index (κ3) is 5.60. The highest BCUT2D eigenvalue weighted by molar-refractivity contribution is 6.78. The normalized spacial score (nSPS) is 11.9. The third-order valence-electron chi connectivity index (χ3n) is 6.73. The number of halogens is 1. The van der Waals surface area contributed by atoms with Crippen LogP contribution in [0.25, 0.3) is 0 Å². The van der Waals surface area contributed by atoms with E-state index >= 15 is 4.39 Å². The number of benzene rings is 2. The molecule has 0 spiro atoms. The molecule has 0 N–H and O–H groups in total. The molecule has 0 aliphatic rings. The van der Waals surface area contributed by atoms with Crippen LogP contribution in [0.15, 0.2) is 30.3 Å². The highest BCUT2D eigenvalue weighted by Gasteiger charge is 2.47. The smallest absolute Gasteiger partial charge is 0.338 e. The fourth-order valence-corrected chi connectivity index (χ4v) is 10.6. The first kappa shape index (κ1) is 26.9. The first-order chi connectivity index (χ1) is 15.3. The second kappa shape index (κ2) is 10.7. The van der Waals surface area contributed by atoms with Crippen LogP contribution in [0, 0.1) is 19.7 Å². The summed E-state index contributed by atoms with van der Waals surface area (Å²) in [7, 11) is 1.09. The zero-order valence-electron chi connectivity index (χ0n) is 21.9. The molecule has 0 heterocycles. The second-order valence-corrected chi connectivity index (χ2v) is 15.4. The Hall–Kier alpha value is -2.34. The molecule has 0 fully saturated rings. The maximum absolute atomic E-state index is 15.4. The maximum atomic E-state index is 15.4. The first-order valence-corrected chi connectivity index (χ1v) is 13.9. The van der Waals surface area contributed by atoms with Crippen LogP contribution in [0.3, 0.4) is 0 Å². The largest absolute Gasteiger partial charge is 0.543 e. The summed E-state index contributed by atoms with van der Waals surface area (Å²) in [6.45, 7) is 17.7. The summed E-state index contributed by atoms with van der Waals surface area (Å²) < 4.78 is 26.9. The zero-order chi connectivity index (χ0) is 25.1. The summed E-state index contributed by atoms with van der Waals surface area (Å²) in [6, 6.07) is 9.10. The molecule has 2 aromatic carbocycles. The number of carbonyl (C=O) groups is 1. The van der Waals surface area contributed by atoms with E-state index in [9.17, 15) is 4.79 Å². The number of carbonyl (C=O) groups excluding carboxylic acids is 1. The predicted molar refractivity (Wildman–Crippen MR) is 137 cm³/mol. The van der Waals surface area contributed by atoms with Gasteiger partial charge in [-0.3, -0.25) is 0 Å². The molecule has 33 heavy (non-hydrogen) atoms. The number of hydrogen-bond acceptors (Lipinski definition) is 4. The lowest BCUT2D eigenvalue weighted by Gasteiger charge is -2.42. The van der Waals surface area contributed by atoms with Crippen molar-refractivity contribution in [1.82, 2.24) is 0 Å². The lowest BCUT2D eigenvalue weighted by molar-refractivity contribution is 0.0600. The van der Waals surface area contributed by atoms with Gasteiger partial charge in [-0.15, -0.1) is 0 Å². The summed E-state index contributed by atoms with van der Waals surface area (Å²) in [5.74, 6) is -0.00790. The molecule has 0 bridgehead atoms. The molecule has 0 aliphatic carbocycles. The van der Waals surface area contributed by atoms with E-state index in [-0.39, 0.29) is 11.8 Å². The van der Waals surface area contributed by atoms with Crippen molar-refractivity contribution in [2.45, 2.75) is 78.6 Å². The number of methoxy groups -OCH3 is 1. The minimum Gasteiger partial charge on any atom is -0.543 e. The minimum absolute atomic E-state index is 0.283. The van der Waals surface area contributed by atoms with Crippen LogP contribution >= 0.6 is 0 Å². The third-order valence-corrected chi connectivity index (χ3v) is 12.7. The van der Waals surface area contributed by atoms with E-state index in [1.54, 1.807) is 12.1 Å². The number of hydrogen-bond donors (Lipinski definition) is 0. The molecule has 0 aliphatic heterocycles. The summed E-state index contributed by atoms with van der Waals surface area (Å²) in [4.78, 5) is 13.7. The summed E-state index contributed by atoms with van der Waals surface area (Å²) in [6.07, 6.45) is 0. The molecular weight excluding hydrogens is 433 g/mol. The zero-order valence-corrected chi connectivity index (χ0v) is 22.9. The van der Waals surface area contributed by atoms with Gasteiger partial charge in [-0.25, -0.2) is 9.18 Å². The molecule has 0 unspecified atom stereocenters. The molecule has 0 amide bonds. The van der Waals surface area contributed by atoms with Crippen LogP contribution in [-0.2, 0) is 11.3 Å². The maximum Gasteiger partial charge on any atom is 0.338 e. The van der Waals surface area contributed by atoms with Gasteiger partial charge < -0.3 is 14.1 Å². The van der Waals surface area contributed by atoms with Crippen molar-refractivity contribution < 1.29 is 18.3 Å². The molecule has 4 nitrogen and oxygen atoms in total. The number of anilines is 1. The van der Waals surface area contributed by atoms with Crippen molar-refractivity contribution in [2.24, 2.45) is 0 Å². The number of esters is 1. The van der Waals surface area contributed by atoms with Crippen LogP contribution in [0.4, 0.5) is 10.1 Å². The number of rotatable bonds is 9. The van der Waals surface area contributed by atoms with Gasteiger partial charge in [0.1, 0.15) is 11.6 Å². The fourth-order valence-electron chi connectivity index (χ4n) is 5.32. The molecule has 2 rings (SSSR count). The van der Waals surface area contributed by atoms with Crippen LogP contribution in [0.2, 0.25) is 16.6 Å². The molecule has 0 atom stereocenters. The van der Waals surface area contributed by atoms with Crippen molar-refractivity contribution in [3.05, 3.63) is 58.4 Å². The highest BCUT2D eigenvalue weighted by Crippen LogP contribution is 2.43. The van der Waals surface area contributed by atoms with E-state index in [1.807, 2.05) is 44.0 Å². The Kier molecular flexibility index (Phi) is 8.74. The highest BCUT2D eigenvalue weighted by atomic mass is 28.4. The van der Waals surface area contributed by atoms with E-state index < -0.39 is 8.32 Å². The lowest BCUT2D eigenvalue weighted by atomic mass is 10.0. The Morgan fingerprint density at radius 2 is 1.55 bits per heavy atom. The standard InChI is InChI=1S/C27H40FNO3Si/c1-17(2)33(18(3)4,19(5)6)32-23-14-21(8)26(25(28)15-23)29(9)16-22-11-12-24(20(7)13-22)27(30)31-10/h11-15,17-19H,16H2,1-10H3. The van der Waals surface area contributed by atoms with Gasteiger partial charge in [-0.05, 0) is 59.3 Å². The summed E-state index contributed by atoms with van der Waals surface area (Å²) in [5.41, 5.74) is 5.02. The van der Waals surface area contributed by atoms with Crippen LogP contribution in [-0.4, -0.2) is 28.4 Å². The van der Waals surface area contributed by atoms with Gasteiger partial charge >= 0.3 is 5.97 Å². The molecule has 0 aromatic heterocycles. The predicted octanol–water partition coefficient (Wildman–Crippen LogP) is 7.42. The average molecular weight is 474 g/mol. The van der Waals surface area contributed by atoms with Crippen molar-refractivity contribution in [3.63, 3.8) is 0 Å². The van der Waals surface area contributed by atoms with Gasteiger partial charge in [0.25, 0.3) is 8.32 Å². The van der Waals surface area contributed by atoms with Gasteiger partial charge in [0.15, 0.2) is 0 Å². The van der Waals surface area contributed by atoms with Crippen molar-refractivity contribution in [3.8, 4) is 5.75 Å².